The highest BCUT2D eigenvalue weighted by molar-refractivity contribution is 7.93. The highest BCUT2D eigenvalue weighted by Crippen LogP contribution is 2.43. The van der Waals surface area contributed by atoms with Crippen LogP contribution in [0.4, 0.5) is 34.3 Å². The molecular formula is C91H85Cl4N14O17S4+. The van der Waals surface area contributed by atoms with Crippen molar-refractivity contribution in [2.45, 2.75) is 137 Å². The molecule has 0 unspecified atom stereocenters. The summed E-state index contributed by atoms with van der Waals surface area (Å²) >= 11 is 24.8. The normalized spacial score (nSPS) is 14.0. The molecule has 672 valence electrons. The summed E-state index contributed by atoms with van der Waals surface area (Å²) in [6.45, 7) is 24.2. The Morgan fingerprint density at radius 1 is 0.385 bits per heavy atom. The van der Waals surface area contributed by atoms with Gasteiger partial charge in [0, 0.05) is 48.2 Å². The van der Waals surface area contributed by atoms with E-state index >= 15 is 0 Å². The van der Waals surface area contributed by atoms with Crippen molar-refractivity contribution in [3.8, 4) is 0 Å². The summed E-state index contributed by atoms with van der Waals surface area (Å²) in [7, 11) is -14.4. The molecule has 12 aromatic rings. The predicted octanol–water partition coefficient (Wildman–Crippen LogP) is 16.3. The first-order chi connectivity index (χ1) is 60.8. The number of halogens is 4. The third-order valence-corrected chi connectivity index (χ3v) is 27.9. The Kier molecular flexibility index (Phi) is 26.1. The Morgan fingerprint density at radius 2 is 0.692 bits per heavy atom. The number of sulfonamides is 4. The molecule has 0 atom stereocenters. The van der Waals surface area contributed by atoms with Crippen LogP contribution in [0.2, 0.25) is 20.1 Å². The number of carbonyl (C=O) groups excluding carboxylic acids is 8. The first-order valence-corrected chi connectivity index (χ1v) is 47.1. The molecule has 8 heterocycles. The Morgan fingerprint density at radius 3 is 1.00 bits per heavy atom. The maximum Gasteiger partial charge on any atom is 0.269 e. The minimum atomic E-state index is -4.04. The van der Waals surface area contributed by atoms with Crippen molar-refractivity contribution in [2.75, 3.05) is 28.7 Å². The SMILES string of the molecule is CC(C)(C)c1ccc(S(=O)(=O)Nc2ccc(Cl)c3c2C(=O)N(Cc2ccc[n+](O)c2)C3=O)cc1.CC(C)(C)c1ccc(S(=O)(=O)Nc2ccc(Cl)c3c2C(=O)N(Cc2cccnc2)C3=O)cc1.CC(C)(C)c1ccc(S(=O)(=O)Nc2ccc(Cl)c3c2C(=O)N(c2cn[nH]c2)C3=O)cc1.Cn1cnc(N2C(=O)c3c(Cl)ccc(NS(=O)(=O)c4ccc(C(C)(C)C)cc4)c3C2=O)c1. The van der Waals surface area contributed by atoms with Gasteiger partial charge < -0.3 is 4.57 Å². The molecule has 0 fully saturated rings. The van der Waals surface area contributed by atoms with E-state index in [0.29, 0.717) is 11.1 Å². The molecule has 130 heavy (non-hydrogen) atoms. The number of pyridine rings is 2. The van der Waals surface area contributed by atoms with Crippen molar-refractivity contribution in [2.24, 2.45) is 7.05 Å². The summed E-state index contributed by atoms with van der Waals surface area (Å²) in [5.41, 5.74) is 4.10. The van der Waals surface area contributed by atoms with E-state index in [0.717, 1.165) is 46.6 Å². The minimum absolute atomic E-state index is 0.00124. The van der Waals surface area contributed by atoms with Gasteiger partial charge in [-0.15, -0.1) is 0 Å². The van der Waals surface area contributed by atoms with Gasteiger partial charge in [-0.3, -0.25) is 82.3 Å². The fraction of sp³-hybridized carbons (Fsp3) is 0.209. The van der Waals surface area contributed by atoms with E-state index in [2.05, 4.69) is 39.1 Å². The Labute approximate surface area is 769 Å². The molecule has 0 saturated heterocycles. The minimum Gasteiger partial charge on any atom is -0.338 e. The molecule has 4 aromatic heterocycles. The average Bonchev–Trinajstić information content (AvgIpc) is 1.60. The van der Waals surface area contributed by atoms with Gasteiger partial charge in [-0.2, -0.15) is 5.10 Å². The van der Waals surface area contributed by atoms with Crippen LogP contribution in [0.25, 0.3) is 0 Å². The van der Waals surface area contributed by atoms with E-state index in [1.807, 2.05) is 83.1 Å². The van der Waals surface area contributed by atoms with Crippen molar-refractivity contribution in [1.82, 2.24) is 34.5 Å². The molecule has 4 aliphatic heterocycles. The number of H-pyrrole nitrogens is 1. The number of imide groups is 4. The van der Waals surface area contributed by atoms with Gasteiger partial charge in [-0.1, -0.05) is 184 Å². The van der Waals surface area contributed by atoms with Gasteiger partial charge in [0.05, 0.1) is 138 Å². The van der Waals surface area contributed by atoms with Crippen LogP contribution in [0.3, 0.4) is 0 Å². The number of aromatic nitrogens is 6. The number of amides is 8. The largest absolute Gasteiger partial charge is 0.338 e. The molecule has 39 heteroatoms. The fourth-order valence-electron chi connectivity index (χ4n) is 14.2. The Balaban J connectivity index is 0.000000148. The fourth-order valence-corrected chi connectivity index (χ4v) is 19.4. The van der Waals surface area contributed by atoms with E-state index in [4.69, 9.17) is 46.4 Å². The lowest BCUT2D eigenvalue weighted by Crippen LogP contribution is -2.33. The summed E-state index contributed by atoms with van der Waals surface area (Å²) < 4.78 is 116. The van der Waals surface area contributed by atoms with E-state index in [1.165, 1.54) is 134 Å². The first kappa shape index (κ1) is 94.6. The Bertz CT molecular complexity index is 7110. The lowest BCUT2D eigenvalue weighted by molar-refractivity contribution is -0.905. The monoisotopic (exact) mass is 1910 g/mol. The van der Waals surface area contributed by atoms with Gasteiger partial charge in [0.2, 0.25) is 12.4 Å². The smallest absolute Gasteiger partial charge is 0.269 e. The van der Waals surface area contributed by atoms with Gasteiger partial charge >= 0.3 is 0 Å². The van der Waals surface area contributed by atoms with Crippen LogP contribution in [0.15, 0.2) is 239 Å². The molecule has 16 rings (SSSR count). The van der Waals surface area contributed by atoms with Crippen LogP contribution in [0.5, 0.6) is 0 Å². The number of rotatable bonds is 18. The second-order valence-electron chi connectivity index (χ2n) is 34.5. The number of nitrogens with one attached hydrogen (secondary N) is 5. The van der Waals surface area contributed by atoms with Crippen molar-refractivity contribution < 1.29 is 82.0 Å². The van der Waals surface area contributed by atoms with Crippen molar-refractivity contribution in [3.63, 3.8) is 0 Å². The molecule has 0 radical (unpaired) electrons. The third-order valence-electron chi connectivity index (χ3n) is 21.1. The zero-order chi connectivity index (χ0) is 94.8. The molecule has 0 spiro atoms. The van der Waals surface area contributed by atoms with Gasteiger partial charge in [-0.05, 0) is 159 Å². The highest BCUT2D eigenvalue weighted by Gasteiger charge is 2.46. The quantitative estimate of drug-likeness (QED) is 0.0264. The van der Waals surface area contributed by atoms with Crippen LogP contribution in [0.1, 0.15) is 199 Å². The highest BCUT2D eigenvalue weighted by atomic mass is 35.5. The number of anilines is 6. The van der Waals surface area contributed by atoms with Crippen LogP contribution < -0.4 is 33.4 Å². The van der Waals surface area contributed by atoms with Crippen LogP contribution >= 0.6 is 46.4 Å². The molecular weight excluding hydrogens is 1830 g/mol. The van der Waals surface area contributed by atoms with Gasteiger partial charge in [-0.25, -0.2) is 48.5 Å². The number of aryl methyl sites for hydroxylation is 1. The number of nitrogens with zero attached hydrogens (tertiary/aromatic N) is 9. The summed E-state index contributed by atoms with van der Waals surface area (Å²) in [5.74, 6) is -5.11. The molecule has 8 amide bonds. The standard InChI is InChI=1S/C24H22ClN3O5S.C24H22ClN3O4S.C22H21ClN4O4S.C21H19ClN4O4S/c1-24(2,3)16-6-8-17(9-7-16)34(32,33)26-19-11-10-18(25)20-21(19)23(30)28(22(20)29)14-15-5-4-12-27(31)13-15;1-24(2,3)16-6-8-17(9-7-16)33(31,32)27-19-11-10-18(25)20-21(19)23(30)28(22(20)29)14-15-5-4-12-26-13-15;1-22(2,3)13-5-7-14(8-6-13)32(30,31)25-16-10-9-15(23)18-19(16)21(29)27(20(18)28)17-11-26(4)12-24-17;1-21(2,3)12-4-6-14(7-5-12)31(29,30)25-16-9-8-15(22)17-18(16)20(28)26(19(17)27)13-10-23-24-11-13/h4-13H,14H2,1-3H3,(H-,26,30,31);4-13,27H,14H2,1-3H3;5-12,25H,1-4H3;4-11,25H,1-3H3,(H,23,24)/p+1. The molecule has 31 nitrogen and oxygen atoms in total. The van der Waals surface area contributed by atoms with Gasteiger partial charge in [0.15, 0.2) is 5.82 Å². The lowest BCUT2D eigenvalue weighted by atomic mass is 9.87. The second kappa shape index (κ2) is 35.8. The first-order valence-electron chi connectivity index (χ1n) is 39.7. The molecule has 6 N–H and O–H groups in total. The predicted molar refractivity (Wildman–Crippen MR) is 490 cm³/mol. The number of imidazole rings is 1. The molecule has 0 bridgehead atoms. The summed E-state index contributed by atoms with van der Waals surface area (Å²) in [6, 6.07) is 43.7. The summed E-state index contributed by atoms with van der Waals surface area (Å²) in [5, 5.41) is 16.1. The molecule has 8 aromatic carbocycles. The summed E-state index contributed by atoms with van der Waals surface area (Å²) in [6.07, 6.45) is 11.5. The molecule has 4 aliphatic rings. The number of fused-ring (bicyclic) bond motifs is 4. The van der Waals surface area contributed by atoms with Crippen LogP contribution in [-0.2, 0) is 81.9 Å². The van der Waals surface area contributed by atoms with Crippen LogP contribution in [0, 0.1) is 0 Å². The molecule has 0 aliphatic carbocycles. The second-order valence-corrected chi connectivity index (χ2v) is 42.8. The van der Waals surface area contributed by atoms with E-state index in [-0.39, 0.29) is 153 Å². The van der Waals surface area contributed by atoms with E-state index in [1.54, 1.807) is 96.8 Å². The van der Waals surface area contributed by atoms with Crippen molar-refractivity contribution >= 4 is 168 Å². The zero-order valence-electron chi connectivity index (χ0n) is 71.8. The van der Waals surface area contributed by atoms with E-state index < -0.39 is 87.4 Å². The number of hydrogen-bond donors (Lipinski definition) is 6. The van der Waals surface area contributed by atoms with Gasteiger partial charge in [0.25, 0.3) is 87.4 Å². The van der Waals surface area contributed by atoms with E-state index in [9.17, 15) is 77.2 Å². The average molecular weight is 1920 g/mol. The summed E-state index contributed by atoms with van der Waals surface area (Å²) in [4.78, 5) is 116. The number of carbonyl (C=O) groups is 8. The lowest BCUT2D eigenvalue weighted by Gasteiger charge is -2.19. The third kappa shape index (κ3) is 19.5. The topological polar surface area (TPSA) is 418 Å². The molecule has 0 saturated carbocycles. The zero-order valence-corrected chi connectivity index (χ0v) is 78.1. The van der Waals surface area contributed by atoms with Gasteiger partial charge in [0.1, 0.15) is 0 Å². The van der Waals surface area contributed by atoms with Crippen molar-refractivity contribution in [1.29, 1.82) is 0 Å². The van der Waals surface area contributed by atoms with Crippen LogP contribution in [-0.4, -0.2) is 121 Å². The van der Waals surface area contributed by atoms with Crippen molar-refractivity contribution in [3.05, 3.63) is 318 Å². The number of aromatic amines is 1. The Hall–Kier alpha value is -13.0. The number of benzene rings is 8. The maximum atomic E-state index is 13.2. The maximum absolute atomic E-state index is 13.2. The number of hydrogen-bond acceptors (Lipinski definition) is 20.